The summed E-state index contributed by atoms with van der Waals surface area (Å²) in [5.41, 5.74) is 2.00. The lowest BCUT2D eigenvalue weighted by Crippen LogP contribution is -2.32. The van der Waals surface area contributed by atoms with E-state index in [2.05, 4.69) is 5.32 Å². The lowest BCUT2D eigenvalue weighted by molar-refractivity contribution is -0.123. The molecular weight excluding hydrogens is 695 g/mol. The van der Waals surface area contributed by atoms with E-state index < -0.39 is 21.3 Å². The molecule has 0 radical (unpaired) electrons. The molecule has 1 saturated heterocycles. The third-order valence-electron chi connectivity index (χ3n) is 5.73. The average molecular weight is 723 g/mol. The van der Waals surface area contributed by atoms with E-state index in [0.717, 1.165) is 22.2 Å². The fourth-order valence-corrected chi connectivity index (χ4v) is 6.59. The minimum absolute atomic E-state index is 0.0121. The van der Waals surface area contributed by atoms with Gasteiger partial charge in [-0.25, -0.2) is 0 Å². The number of benzene rings is 3. The van der Waals surface area contributed by atoms with Gasteiger partial charge >= 0.3 is 10.1 Å². The maximum Gasteiger partial charge on any atom is 0.339 e. The average Bonchev–Trinajstić information content (AvgIpc) is 3.18. The molecule has 1 N–H and O–H groups in total. The molecule has 1 aliphatic rings. The Balaban J connectivity index is 1.51. The molecular formula is C29H27IN2O8S2. The molecule has 0 unspecified atom stereocenters. The molecule has 1 heterocycles. The van der Waals surface area contributed by atoms with Crippen LogP contribution in [-0.4, -0.2) is 50.1 Å². The van der Waals surface area contributed by atoms with Gasteiger partial charge in [-0.2, -0.15) is 8.42 Å². The van der Waals surface area contributed by atoms with Crippen molar-refractivity contribution in [3.63, 3.8) is 0 Å². The second-order valence-electron chi connectivity index (χ2n) is 9.00. The summed E-state index contributed by atoms with van der Waals surface area (Å²) < 4.78 is 43.3. The summed E-state index contributed by atoms with van der Waals surface area (Å²) >= 11 is 2.74. The number of nitrogens with zero attached hydrogens (tertiary/aromatic N) is 1. The fraction of sp³-hybridized carbons (Fsp3) is 0.207. The van der Waals surface area contributed by atoms with Crippen molar-refractivity contribution in [1.82, 2.24) is 4.90 Å². The summed E-state index contributed by atoms with van der Waals surface area (Å²) in [7, 11) is -4.25. The zero-order valence-electron chi connectivity index (χ0n) is 22.9. The molecule has 42 heavy (non-hydrogen) atoms. The van der Waals surface area contributed by atoms with Crippen LogP contribution in [0, 0.1) is 10.5 Å². The highest BCUT2D eigenvalue weighted by Crippen LogP contribution is 2.39. The highest BCUT2D eigenvalue weighted by atomic mass is 127. The minimum Gasteiger partial charge on any atom is -0.492 e. The second-order valence-corrected chi connectivity index (χ2v) is 12.7. The topological polar surface area (TPSA) is 128 Å². The van der Waals surface area contributed by atoms with E-state index in [-0.39, 0.29) is 47.0 Å². The summed E-state index contributed by atoms with van der Waals surface area (Å²) in [5.74, 6) is 0.0647. The van der Waals surface area contributed by atoms with Gasteiger partial charge in [0.25, 0.3) is 11.1 Å². The van der Waals surface area contributed by atoms with Gasteiger partial charge in [-0.15, -0.1) is 0 Å². The van der Waals surface area contributed by atoms with Gasteiger partial charge in [0.1, 0.15) is 17.3 Å². The lowest BCUT2D eigenvalue weighted by atomic mass is 10.2. The van der Waals surface area contributed by atoms with Crippen LogP contribution in [0.5, 0.6) is 17.2 Å². The van der Waals surface area contributed by atoms with Crippen LogP contribution in [0.3, 0.4) is 0 Å². The van der Waals surface area contributed by atoms with Crippen molar-refractivity contribution in [3.05, 3.63) is 80.3 Å². The van der Waals surface area contributed by atoms with Crippen LogP contribution in [0.2, 0.25) is 0 Å². The molecule has 0 spiro atoms. The van der Waals surface area contributed by atoms with Crippen LogP contribution >= 0.6 is 34.4 Å². The van der Waals surface area contributed by atoms with Crippen LogP contribution in [0.25, 0.3) is 6.08 Å². The van der Waals surface area contributed by atoms with E-state index in [9.17, 15) is 22.8 Å². The van der Waals surface area contributed by atoms with Gasteiger partial charge in [0.15, 0.2) is 11.5 Å². The monoisotopic (exact) mass is 722 g/mol. The molecule has 13 heteroatoms. The second kappa shape index (κ2) is 13.6. The van der Waals surface area contributed by atoms with Crippen LogP contribution < -0.4 is 19.0 Å². The van der Waals surface area contributed by atoms with E-state index >= 15 is 0 Å². The van der Waals surface area contributed by atoms with Crippen molar-refractivity contribution in [2.45, 2.75) is 25.7 Å². The van der Waals surface area contributed by atoms with Gasteiger partial charge in [0.2, 0.25) is 5.91 Å². The standard InChI is InChI=1S/C29H27IN2O8S2/c1-4-38-25-16-20(15-24(30)27(25)40-42(36,37)23-10-8-21(9-11-23)31-19(3)33)17-26-28(34)32(29(35)41-26)12-13-39-22-7-5-6-18(2)14-22/h5-11,14-17H,4,12-13H2,1-3H3,(H,31,33)/b26-17-. The summed E-state index contributed by atoms with van der Waals surface area (Å²) in [6, 6.07) is 16.2. The van der Waals surface area contributed by atoms with Crippen molar-refractivity contribution in [3.8, 4) is 17.2 Å². The largest absolute Gasteiger partial charge is 0.492 e. The quantitative estimate of drug-likeness (QED) is 0.148. The Labute approximate surface area is 261 Å². The molecule has 1 aliphatic heterocycles. The Morgan fingerprint density at radius 2 is 1.81 bits per heavy atom. The van der Waals surface area contributed by atoms with Crippen LogP contribution in [0.15, 0.2) is 70.5 Å². The predicted octanol–water partition coefficient (Wildman–Crippen LogP) is 5.84. The molecule has 0 saturated carbocycles. The lowest BCUT2D eigenvalue weighted by Gasteiger charge is -2.15. The number of rotatable bonds is 11. The Kier molecular flexibility index (Phi) is 10.2. The Morgan fingerprint density at radius 3 is 2.48 bits per heavy atom. The SMILES string of the molecule is CCOc1cc(/C=C2\SC(=O)N(CCOc3cccc(C)c3)C2=O)cc(I)c1OS(=O)(=O)c1ccc(NC(C)=O)cc1. The van der Waals surface area contributed by atoms with Crippen molar-refractivity contribution >= 4 is 73.3 Å². The van der Waals surface area contributed by atoms with Crippen LogP contribution in [0.1, 0.15) is 25.0 Å². The number of thioether (sulfide) groups is 1. The van der Waals surface area contributed by atoms with Crippen molar-refractivity contribution in [2.75, 3.05) is 25.1 Å². The Morgan fingerprint density at radius 1 is 1.07 bits per heavy atom. The normalized spacial score (nSPS) is 14.3. The maximum atomic E-state index is 13.0. The Hall–Kier alpha value is -3.56. The maximum absolute atomic E-state index is 13.0. The number of halogens is 1. The van der Waals surface area contributed by atoms with Crippen LogP contribution in [0.4, 0.5) is 10.5 Å². The van der Waals surface area contributed by atoms with Gasteiger partial charge in [-0.05, 0) is 114 Å². The molecule has 0 aromatic heterocycles. The number of ether oxygens (including phenoxy) is 2. The molecule has 3 aromatic rings. The van der Waals surface area contributed by atoms with Gasteiger partial charge in [0, 0.05) is 12.6 Å². The number of imide groups is 1. The van der Waals surface area contributed by atoms with E-state index in [1.165, 1.54) is 31.2 Å². The first-order valence-corrected chi connectivity index (χ1v) is 16.0. The van der Waals surface area contributed by atoms with Gasteiger partial charge < -0.3 is 19.0 Å². The molecule has 4 rings (SSSR count). The molecule has 3 amide bonds. The number of nitrogens with one attached hydrogen (secondary N) is 1. The molecule has 0 aliphatic carbocycles. The first-order chi connectivity index (χ1) is 20.0. The van der Waals surface area contributed by atoms with Crippen molar-refractivity contribution < 1.29 is 36.5 Å². The molecule has 3 aromatic carbocycles. The smallest absolute Gasteiger partial charge is 0.339 e. The van der Waals surface area contributed by atoms with Gasteiger partial charge in [-0.3, -0.25) is 19.3 Å². The number of carbonyl (C=O) groups excluding carboxylic acids is 3. The van der Waals surface area contributed by atoms with Crippen molar-refractivity contribution in [1.29, 1.82) is 0 Å². The summed E-state index contributed by atoms with van der Waals surface area (Å²) in [5, 5.41) is 2.17. The zero-order valence-corrected chi connectivity index (χ0v) is 26.7. The number of carbonyl (C=O) groups is 3. The molecule has 220 valence electrons. The molecule has 10 nitrogen and oxygen atoms in total. The third kappa shape index (κ3) is 7.83. The fourth-order valence-electron chi connectivity index (χ4n) is 3.89. The highest BCUT2D eigenvalue weighted by Gasteiger charge is 2.35. The highest BCUT2D eigenvalue weighted by molar-refractivity contribution is 14.1. The molecule has 0 atom stereocenters. The minimum atomic E-state index is -4.25. The summed E-state index contributed by atoms with van der Waals surface area (Å²) in [6.07, 6.45) is 1.55. The number of hydrogen-bond donors (Lipinski definition) is 1. The zero-order chi connectivity index (χ0) is 30.4. The van der Waals surface area contributed by atoms with Gasteiger partial charge in [-0.1, -0.05) is 12.1 Å². The first kappa shape index (κ1) is 31.4. The van der Waals surface area contributed by atoms with E-state index in [4.69, 9.17) is 13.7 Å². The third-order valence-corrected chi connectivity index (χ3v) is 8.68. The van der Waals surface area contributed by atoms with E-state index in [1.807, 2.05) is 47.7 Å². The first-order valence-electron chi connectivity index (χ1n) is 12.7. The number of anilines is 1. The predicted molar refractivity (Wildman–Crippen MR) is 168 cm³/mol. The van der Waals surface area contributed by atoms with Crippen molar-refractivity contribution in [2.24, 2.45) is 0 Å². The summed E-state index contributed by atoms with van der Waals surface area (Å²) in [4.78, 5) is 38.1. The molecule has 1 fully saturated rings. The number of hydrogen-bond acceptors (Lipinski definition) is 9. The van der Waals surface area contributed by atoms with Gasteiger partial charge in [0.05, 0.1) is 21.6 Å². The summed E-state index contributed by atoms with van der Waals surface area (Å²) in [6.45, 7) is 5.49. The number of aryl methyl sites for hydroxylation is 1. The molecule has 0 bridgehead atoms. The van der Waals surface area contributed by atoms with Crippen LogP contribution in [-0.2, 0) is 19.7 Å². The Bertz CT molecular complexity index is 1660. The van der Waals surface area contributed by atoms with E-state index in [0.29, 0.717) is 20.6 Å². The van der Waals surface area contributed by atoms with E-state index in [1.54, 1.807) is 31.2 Å². The number of amides is 3.